The zero-order valence-electron chi connectivity index (χ0n) is 52.0. The van der Waals surface area contributed by atoms with Crippen LogP contribution in [-0.4, -0.2) is 47.4 Å². The van der Waals surface area contributed by atoms with E-state index in [1.165, 1.54) is 295 Å². The topological polar surface area (TPSA) is 95.9 Å². The van der Waals surface area contributed by atoms with Gasteiger partial charge in [0, 0.05) is 12.8 Å². The fourth-order valence-electron chi connectivity index (χ4n) is 10.8. The Morgan fingerprint density at radius 2 is 0.649 bits per heavy atom. The Morgan fingerprint density at radius 1 is 0.364 bits per heavy atom. The number of carbonyl (C=O) groups excluding carboxylic acids is 2. The summed E-state index contributed by atoms with van der Waals surface area (Å²) in [6.45, 7) is 4.96. The molecule has 0 aromatic heterocycles. The van der Waals surface area contributed by atoms with Crippen molar-refractivity contribution in [2.24, 2.45) is 0 Å². The molecule has 0 heterocycles. The van der Waals surface area contributed by atoms with Gasteiger partial charge in [0.1, 0.15) is 0 Å². The number of unbranched alkanes of at least 4 members (excludes halogenated alkanes) is 48. The van der Waals surface area contributed by atoms with Crippen LogP contribution in [0.2, 0.25) is 0 Å². The summed E-state index contributed by atoms with van der Waals surface area (Å²) in [6, 6.07) is -0.544. The van der Waals surface area contributed by atoms with Gasteiger partial charge < -0.3 is 20.3 Å². The zero-order chi connectivity index (χ0) is 55.7. The van der Waals surface area contributed by atoms with Crippen molar-refractivity contribution in [2.75, 3.05) is 13.2 Å². The average Bonchev–Trinajstić information content (AvgIpc) is 3.43. The Balaban J connectivity index is 3.39. The Hall–Kier alpha value is -1.92. The van der Waals surface area contributed by atoms with Crippen molar-refractivity contribution in [1.82, 2.24) is 5.32 Å². The average molecular weight is 1080 g/mol. The van der Waals surface area contributed by atoms with Crippen molar-refractivity contribution in [3.05, 3.63) is 36.5 Å². The molecule has 0 aliphatic heterocycles. The fraction of sp³-hybridized carbons (Fsp3) is 0.887. The summed E-state index contributed by atoms with van der Waals surface area (Å²) in [6.07, 6.45) is 84.6. The monoisotopic (exact) mass is 1080 g/mol. The lowest BCUT2D eigenvalue weighted by Gasteiger charge is -2.22. The molecule has 1 amide bonds. The van der Waals surface area contributed by atoms with Crippen LogP contribution in [-0.2, 0) is 14.3 Å². The van der Waals surface area contributed by atoms with E-state index in [0.29, 0.717) is 25.9 Å². The number of amides is 1. The maximum Gasteiger partial charge on any atom is 0.305 e. The number of hydrogen-bond donors (Lipinski definition) is 3. The third-order valence-corrected chi connectivity index (χ3v) is 16.2. The highest BCUT2D eigenvalue weighted by molar-refractivity contribution is 5.76. The molecule has 0 saturated carbocycles. The minimum atomic E-state index is -0.667. The first-order valence-corrected chi connectivity index (χ1v) is 34.7. The molecule has 2 unspecified atom stereocenters. The van der Waals surface area contributed by atoms with Gasteiger partial charge in [-0.05, 0) is 83.5 Å². The van der Waals surface area contributed by atoms with Crippen LogP contribution in [0.25, 0.3) is 0 Å². The highest BCUT2D eigenvalue weighted by Crippen LogP contribution is 2.18. The molecule has 0 bridgehead atoms. The first-order chi connectivity index (χ1) is 38.0. The normalized spacial score (nSPS) is 12.7. The van der Waals surface area contributed by atoms with Crippen molar-refractivity contribution in [1.29, 1.82) is 0 Å². The van der Waals surface area contributed by atoms with Crippen molar-refractivity contribution < 1.29 is 24.5 Å². The van der Waals surface area contributed by atoms with Crippen molar-refractivity contribution in [3.63, 3.8) is 0 Å². The summed E-state index contributed by atoms with van der Waals surface area (Å²) in [4.78, 5) is 24.6. The van der Waals surface area contributed by atoms with E-state index in [1.54, 1.807) is 0 Å². The molecule has 77 heavy (non-hydrogen) atoms. The quantitative estimate of drug-likeness (QED) is 0.0320. The van der Waals surface area contributed by atoms with Gasteiger partial charge in [0.15, 0.2) is 0 Å². The number of carbonyl (C=O) groups is 2. The molecule has 454 valence electrons. The smallest absolute Gasteiger partial charge is 0.305 e. The standard InChI is InChI=1S/C71H135NO5/c1-3-5-7-9-11-13-15-17-19-21-33-37-41-45-49-53-57-61-65-71(76)77-66-62-58-54-50-46-42-38-34-30-28-26-24-22-23-25-27-29-32-36-40-44-48-52-56-60-64-70(75)72-68(67-73)69(74)63-59-55-51-47-43-39-35-31-20-18-16-14-12-10-8-6-4-2/h13,15,19,21,23,25,68-69,73-74H,3-12,14,16-18,20,22,24,26-67H2,1-2H3,(H,72,75)/b15-13-,21-19-,25-23-. The Kier molecular flexibility index (Phi) is 64.9. The molecule has 0 aliphatic rings. The van der Waals surface area contributed by atoms with Crippen molar-refractivity contribution in [2.45, 2.75) is 392 Å². The molecular formula is C71H135NO5. The predicted octanol–water partition coefficient (Wildman–Crippen LogP) is 22.3. The number of hydrogen-bond acceptors (Lipinski definition) is 5. The number of ether oxygens (including phenoxy) is 1. The van der Waals surface area contributed by atoms with Crippen LogP contribution in [0.1, 0.15) is 380 Å². The lowest BCUT2D eigenvalue weighted by molar-refractivity contribution is -0.143. The molecule has 0 spiro atoms. The maximum atomic E-state index is 12.5. The number of esters is 1. The highest BCUT2D eigenvalue weighted by atomic mass is 16.5. The second kappa shape index (κ2) is 66.6. The summed E-state index contributed by atoms with van der Waals surface area (Å²) in [5.41, 5.74) is 0. The molecule has 0 aliphatic carbocycles. The van der Waals surface area contributed by atoms with Crippen molar-refractivity contribution >= 4 is 11.9 Å². The molecule has 6 heteroatoms. The van der Waals surface area contributed by atoms with E-state index in [9.17, 15) is 19.8 Å². The zero-order valence-corrected chi connectivity index (χ0v) is 52.0. The fourth-order valence-corrected chi connectivity index (χ4v) is 10.8. The molecular weight excluding hydrogens is 947 g/mol. The van der Waals surface area contributed by atoms with Crippen LogP contribution in [0.4, 0.5) is 0 Å². The van der Waals surface area contributed by atoms with Gasteiger partial charge in [0.05, 0.1) is 25.4 Å². The van der Waals surface area contributed by atoms with E-state index in [1.807, 2.05) is 0 Å². The number of nitrogens with one attached hydrogen (secondary N) is 1. The summed E-state index contributed by atoms with van der Waals surface area (Å²) in [5.74, 6) is -0.0287. The maximum absolute atomic E-state index is 12.5. The Bertz CT molecular complexity index is 1250. The Morgan fingerprint density at radius 3 is 1.01 bits per heavy atom. The van der Waals surface area contributed by atoms with Gasteiger partial charge in [-0.15, -0.1) is 0 Å². The van der Waals surface area contributed by atoms with Gasteiger partial charge in [-0.1, -0.05) is 320 Å². The van der Waals surface area contributed by atoms with E-state index in [4.69, 9.17) is 4.74 Å². The van der Waals surface area contributed by atoms with Crippen LogP contribution in [0.3, 0.4) is 0 Å². The third-order valence-electron chi connectivity index (χ3n) is 16.2. The largest absolute Gasteiger partial charge is 0.466 e. The van der Waals surface area contributed by atoms with Crippen LogP contribution in [0.5, 0.6) is 0 Å². The number of rotatable bonds is 65. The SMILES string of the molecule is CCCCCC/C=C\C/C=C\CCCCCCCCCC(=O)OCCCCCCCCCCCCCC/C=C\CCCCCCCCCCCC(=O)NC(CO)C(O)CCCCCCCCCCCCCCCCCCC. The Labute approximate surface area is 481 Å². The van der Waals surface area contributed by atoms with Crippen molar-refractivity contribution in [3.8, 4) is 0 Å². The lowest BCUT2D eigenvalue weighted by atomic mass is 10.0. The van der Waals surface area contributed by atoms with Crippen LogP contribution >= 0.6 is 0 Å². The molecule has 0 aromatic rings. The molecule has 2 atom stereocenters. The highest BCUT2D eigenvalue weighted by Gasteiger charge is 2.20. The second-order valence-electron chi connectivity index (χ2n) is 23.9. The van der Waals surface area contributed by atoms with Crippen LogP contribution < -0.4 is 5.32 Å². The summed E-state index contributed by atoms with van der Waals surface area (Å²) in [5, 5.41) is 23.4. The first-order valence-electron chi connectivity index (χ1n) is 34.7. The predicted molar refractivity (Wildman–Crippen MR) is 338 cm³/mol. The number of allylic oxidation sites excluding steroid dienone is 6. The summed E-state index contributed by atoms with van der Waals surface area (Å²) < 4.78 is 5.50. The second-order valence-corrected chi connectivity index (χ2v) is 23.9. The van der Waals surface area contributed by atoms with Gasteiger partial charge in [0.2, 0.25) is 5.91 Å². The van der Waals surface area contributed by atoms with E-state index >= 15 is 0 Å². The van der Waals surface area contributed by atoms with Gasteiger partial charge in [0.25, 0.3) is 0 Å². The van der Waals surface area contributed by atoms with Crippen LogP contribution in [0.15, 0.2) is 36.5 Å². The van der Waals surface area contributed by atoms with Gasteiger partial charge in [-0.2, -0.15) is 0 Å². The molecule has 0 rings (SSSR count). The minimum absolute atomic E-state index is 0.00661. The number of aliphatic hydroxyl groups excluding tert-OH is 2. The molecule has 0 saturated heterocycles. The van der Waals surface area contributed by atoms with E-state index in [-0.39, 0.29) is 18.5 Å². The van der Waals surface area contributed by atoms with Crippen LogP contribution in [0, 0.1) is 0 Å². The first kappa shape index (κ1) is 75.1. The summed E-state index contributed by atoms with van der Waals surface area (Å²) in [7, 11) is 0. The molecule has 0 aromatic carbocycles. The summed E-state index contributed by atoms with van der Waals surface area (Å²) >= 11 is 0. The van der Waals surface area contributed by atoms with E-state index < -0.39 is 12.1 Å². The lowest BCUT2D eigenvalue weighted by Crippen LogP contribution is -2.45. The van der Waals surface area contributed by atoms with Gasteiger partial charge in [-0.3, -0.25) is 9.59 Å². The molecule has 0 fully saturated rings. The number of aliphatic hydroxyl groups is 2. The van der Waals surface area contributed by atoms with E-state index in [0.717, 1.165) is 51.4 Å². The molecule has 3 N–H and O–H groups in total. The minimum Gasteiger partial charge on any atom is -0.466 e. The third kappa shape index (κ3) is 63.1. The van der Waals surface area contributed by atoms with E-state index in [2.05, 4.69) is 55.6 Å². The molecule has 0 radical (unpaired) electrons. The van der Waals surface area contributed by atoms with Gasteiger partial charge >= 0.3 is 5.97 Å². The molecule has 6 nitrogen and oxygen atoms in total. The van der Waals surface area contributed by atoms with Gasteiger partial charge in [-0.25, -0.2) is 0 Å².